The van der Waals surface area contributed by atoms with E-state index in [2.05, 4.69) is 135 Å². The van der Waals surface area contributed by atoms with Crippen molar-refractivity contribution in [3.05, 3.63) is 57.6 Å². The SMILES string of the molecule is CCCCCCCCCCCCOP(OCCCCCCCCCCCC)Oc1c(C(C)(C)C)cc(CC(C)(Cc2cc(C(C)(C)C)c(OP(OCCCCCCCCCCCC)OCCCCCCCCCCCC)c(C(C)(C)C)c2)C(O)O)cc1C(C)(C)C. The molecule has 0 radical (unpaired) electrons. The third kappa shape index (κ3) is 39.0. The minimum absolute atomic E-state index is 0.306. The van der Waals surface area contributed by atoms with Gasteiger partial charge in [0, 0.05) is 27.7 Å². The molecule has 8 nitrogen and oxygen atoms in total. The van der Waals surface area contributed by atoms with Crippen LogP contribution >= 0.6 is 17.2 Å². The first-order valence-corrected chi connectivity index (χ1v) is 40.7. The zero-order valence-electron chi connectivity index (χ0n) is 63.2. The predicted molar refractivity (Wildman–Crippen MR) is 398 cm³/mol. The van der Waals surface area contributed by atoms with Crippen molar-refractivity contribution < 1.29 is 37.4 Å². The quantitative estimate of drug-likeness (QED) is 0.0384. The molecule has 0 bridgehead atoms. The Kier molecular flexibility index (Phi) is 46.4. The van der Waals surface area contributed by atoms with Crippen molar-refractivity contribution in [3.63, 3.8) is 0 Å². The van der Waals surface area contributed by atoms with Gasteiger partial charge in [0.25, 0.3) is 0 Å². The summed E-state index contributed by atoms with van der Waals surface area (Å²) in [5.74, 6) is 1.68. The summed E-state index contributed by atoms with van der Waals surface area (Å²) in [5.41, 5.74) is 4.25. The first-order valence-electron chi connectivity index (χ1n) is 38.5. The maximum absolute atomic E-state index is 11.7. The van der Waals surface area contributed by atoms with E-state index in [9.17, 15) is 10.2 Å². The number of unbranched alkanes of at least 4 members (excludes halogenated alkanes) is 36. The van der Waals surface area contributed by atoms with E-state index in [1.54, 1.807) is 0 Å². The normalized spacial score (nSPS) is 12.9. The summed E-state index contributed by atoms with van der Waals surface area (Å²) in [4.78, 5) is 0. The van der Waals surface area contributed by atoms with Crippen LogP contribution in [0.4, 0.5) is 0 Å². The van der Waals surface area contributed by atoms with Gasteiger partial charge in [-0.05, 0) is 71.3 Å². The monoisotopic (exact) mass is 1310 g/mol. The molecule has 0 spiro atoms. The first-order chi connectivity index (χ1) is 43.3. The smallest absolute Gasteiger partial charge is 0.397 e. The Morgan fingerprint density at radius 2 is 0.462 bits per heavy atom. The molecule has 2 aromatic rings. The highest BCUT2D eigenvalue weighted by atomic mass is 31.2. The summed E-state index contributed by atoms with van der Waals surface area (Å²) in [5, 5.41) is 23.4. The van der Waals surface area contributed by atoms with Crippen molar-refractivity contribution in [1.82, 2.24) is 0 Å². The zero-order chi connectivity index (χ0) is 67.4. The van der Waals surface area contributed by atoms with Crippen LogP contribution in [0.3, 0.4) is 0 Å². The van der Waals surface area contributed by atoms with Gasteiger partial charge < -0.3 is 37.4 Å². The third-order valence-electron chi connectivity index (χ3n) is 18.5. The van der Waals surface area contributed by atoms with Crippen LogP contribution in [-0.4, -0.2) is 42.9 Å². The Labute approximate surface area is 567 Å². The number of benzene rings is 2. The summed E-state index contributed by atoms with van der Waals surface area (Å²) < 4.78 is 41.1. The molecule has 0 atom stereocenters. The molecular formula is C81H150O8P2. The van der Waals surface area contributed by atoms with Crippen LogP contribution in [0.25, 0.3) is 0 Å². The van der Waals surface area contributed by atoms with Crippen LogP contribution in [0.5, 0.6) is 11.5 Å². The first kappa shape index (κ1) is 85.7. The number of aliphatic hydroxyl groups is 2. The molecule has 0 saturated carbocycles. The minimum atomic E-state index is -1.67. The van der Waals surface area contributed by atoms with E-state index in [0.29, 0.717) is 39.3 Å². The van der Waals surface area contributed by atoms with Crippen molar-refractivity contribution in [2.75, 3.05) is 26.4 Å². The fourth-order valence-corrected chi connectivity index (χ4v) is 14.6. The Balaban J connectivity index is 2.54. The van der Waals surface area contributed by atoms with Gasteiger partial charge in [-0.15, -0.1) is 0 Å². The van der Waals surface area contributed by atoms with Gasteiger partial charge in [-0.1, -0.05) is 373 Å². The molecule has 0 amide bonds. The second kappa shape index (κ2) is 49.2. The van der Waals surface area contributed by atoms with Gasteiger partial charge in [0.05, 0.1) is 26.4 Å². The van der Waals surface area contributed by atoms with Crippen LogP contribution in [-0.2, 0) is 52.6 Å². The van der Waals surface area contributed by atoms with Gasteiger partial charge in [0.2, 0.25) is 0 Å². The van der Waals surface area contributed by atoms with Gasteiger partial charge in [0.1, 0.15) is 11.5 Å². The van der Waals surface area contributed by atoms with Crippen molar-refractivity contribution in [3.8, 4) is 11.5 Å². The van der Waals surface area contributed by atoms with Gasteiger partial charge in [-0.2, -0.15) is 0 Å². The summed E-state index contributed by atoms with van der Waals surface area (Å²) >= 11 is 0. The molecule has 10 heteroatoms. The molecule has 0 aliphatic heterocycles. The largest absolute Gasteiger partial charge is 0.426 e. The molecule has 0 fully saturated rings. The Bertz CT molecular complexity index is 1820. The maximum Gasteiger partial charge on any atom is 0.397 e. The number of hydrogen-bond acceptors (Lipinski definition) is 8. The lowest BCUT2D eigenvalue weighted by molar-refractivity contribution is -0.128. The average molecular weight is 1310 g/mol. The molecular weight excluding hydrogens is 1160 g/mol. The summed E-state index contributed by atoms with van der Waals surface area (Å²) in [7, 11) is -3.35. The molecule has 91 heavy (non-hydrogen) atoms. The summed E-state index contributed by atoms with van der Waals surface area (Å²) in [6.45, 7) is 40.7. The summed E-state index contributed by atoms with van der Waals surface area (Å²) in [6.07, 6.45) is 50.2. The zero-order valence-corrected chi connectivity index (χ0v) is 64.9. The Hall–Kier alpha value is -1.34. The van der Waals surface area contributed by atoms with E-state index in [-0.39, 0.29) is 21.7 Å². The van der Waals surface area contributed by atoms with Crippen molar-refractivity contribution in [1.29, 1.82) is 0 Å². The predicted octanol–water partition coefficient (Wildman–Crippen LogP) is 26.9. The van der Waals surface area contributed by atoms with Crippen molar-refractivity contribution in [2.24, 2.45) is 5.41 Å². The van der Waals surface area contributed by atoms with Crippen LogP contribution in [0.1, 0.15) is 408 Å². The lowest BCUT2D eigenvalue weighted by atomic mass is 9.72. The maximum atomic E-state index is 11.7. The highest BCUT2D eigenvalue weighted by Crippen LogP contribution is 2.52. The van der Waals surface area contributed by atoms with Crippen LogP contribution < -0.4 is 9.05 Å². The van der Waals surface area contributed by atoms with Gasteiger partial charge in [-0.25, -0.2) is 0 Å². The van der Waals surface area contributed by atoms with Crippen LogP contribution in [0.2, 0.25) is 0 Å². The molecule has 0 heterocycles. The lowest BCUT2D eigenvalue weighted by Crippen LogP contribution is -2.37. The fraction of sp³-hybridized carbons (Fsp3) is 0.852. The van der Waals surface area contributed by atoms with E-state index >= 15 is 0 Å². The van der Waals surface area contributed by atoms with Crippen LogP contribution in [0.15, 0.2) is 24.3 Å². The molecule has 2 aromatic carbocycles. The molecule has 0 aliphatic rings. The lowest BCUT2D eigenvalue weighted by Gasteiger charge is -2.36. The van der Waals surface area contributed by atoms with E-state index < -0.39 is 28.9 Å². The highest BCUT2D eigenvalue weighted by molar-refractivity contribution is 7.42. The van der Waals surface area contributed by atoms with Crippen LogP contribution in [0, 0.1) is 5.41 Å². The van der Waals surface area contributed by atoms with Crippen molar-refractivity contribution in [2.45, 2.75) is 415 Å². The number of hydrogen-bond donors (Lipinski definition) is 2. The average Bonchev–Trinajstić information content (AvgIpc) is 0.787. The molecule has 0 aliphatic carbocycles. The molecule has 0 saturated heterocycles. The van der Waals surface area contributed by atoms with E-state index in [1.165, 1.54) is 205 Å². The number of rotatable bonds is 57. The van der Waals surface area contributed by atoms with Gasteiger partial charge in [-0.3, -0.25) is 0 Å². The number of aliphatic hydroxyl groups excluding tert-OH is 1. The molecule has 2 N–H and O–H groups in total. The second-order valence-corrected chi connectivity index (χ2v) is 34.4. The molecule has 0 unspecified atom stereocenters. The topological polar surface area (TPSA) is 95.8 Å². The minimum Gasteiger partial charge on any atom is -0.426 e. The highest BCUT2D eigenvalue weighted by Gasteiger charge is 2.38. The Morgan fingerprint density at radius 3 is 0.626 bits per heavy atom. The Morgan fingerprint density at radius 1 is 0.286 bits per heavy atom. The molecule has 2 rings (SSSR count). The van der Waals surface area contributed by atoms with E-state index in [0.717, 1.165) is 96.2 Å². The third-order valence-corrected chi connectivity index (χ3v) is 20.7. The van der Waals surface area contributed by atoms with Gasteiger partial charge in [0.15, 0.2) is 6.29 Å². The van der Waals surface area contributed by atoms with Gasteiger partial charge >= 0.3 is 17.2 Å². The van der Waals surface area contributed by atoms with E-state index in [4.69, 9.17) is 27.1 Å². The fourth-order valence-electron chi connectivity index (χ4n) is 12.4. The molecule has 0 aromatic heterocycles. The van der Waals surface area contributed by atoms with E-state index in [1.807, 2.05) is 6.92 Å². The second-order valence-electron chi connectivity index (χ2n) is 32.1. The standard InChI is InChI=1S/C81H150O8P2/c1-18-22-26-30-34-38-42-46-50-54-58-84-90(85-59-55-51-47-43-39-35-31-27-23-19-2)88-74-70(77(5,6)7)62-68(63-71(74)78(8,9)10)66-81(17,76(82)83)67-69-64-72(79(11,12)13)75(73(65-69)80(14,15)16)89-91(86-60-56-52-48-44-40-36-32-28-24-20-3)87-61-57-53-49-45-41-37-33-29-25-21-4/h62-65,76,82-83H,18-61,66-67H2,1-17H3. The summed E-state index contributed by atoms with van der Waals surface area (Å²) in [6, 6.07) is 9.09. The van der Waals surface area contributed by atoms with Crippen molar-refractivity contribution >= 4 is 17.2 Å². The molecule has 532 valence electrons.